The molecular formula is C12H15N3O2S. The Morgan fingerprint density at radius 3 is 2.78 bits per heavy atom. The fraction of sp³-hybridized carbons (Fsp3) is 0.500. The number of rotatable bonds is 3. The highest BCUT2D eigenvalue weighted by Gasteiger charge is 2.26. The summed E-state index contributed by atoms with van der Waals surface area (Å²) in [6, 6.07) is 2.09. The van der Waals surface area contributed by atoms with E-state index in [0.29, 0.717) is 17.0 Å². The van der Waals surface area contributed by atoms with Crippen molar-refractivity contribution in [3.05, 3.63) is 10.4 Å². The number of nitrogen functional groups attached to an aromatic ring is 1. The van der Waals surface area contributed by atoms with E-state index in [2.05, 4.69) is 11.0 Å². The average molecular weight is 265 g/mol. The van der Waals surface area contributed by atoms with Crippen molar-refractivity contribution in [2.24, 2.45) is 0 Å². The molecule has 2 rings (SSSR count). The molecule has 1 fully saturated rings. The van der Waals surface area contributed by atoms with Crippen LogP contribution in [0.5, 0.6) is 0 Å². The number of nitriles is 1. The number of ether oxygens (including phenoxy) is 1. The Hall–Kier alpha value is -1.74. The molecule has 0 aliphatic carbocycles. The molecule has 1 aliphatic heterocycles. The summed E-state index contributed by atoms with van der Waals surface area (Å²) in [4.78, 5) is 14.2. The van der Waals surface area contributed by atoms with Gasteiger partial charge in [0.25, 0.3) is 0 Å². The molecule has 96 valence electrons. The van der Waals surface area contributed by atoms with E-state index in [0.717, 1.165) is 30.9 Å². The van der Waals surface area contributed by atoms with Gasteiger partial charge >= 0.3 is 5.97 Å². The van der Waals surface area contributed by atoms with E-state index in [4.69, 9.17) is 10.5 Å². The molecule has 0 saturated carbocycles. The smallest absolute Gasteiger partial charge is 0.350 e. The third-order valence-electron chi connectivity index (χ3n) is 2.89. The van der Waals surface area contributed by atoms with Gasteiger partial charge in [0.05, 0.1) is 12.3 Å². The lowest BCUT2D eigenvalue weighted by atomic mass is 10.2. The van der Waals surface area contributed by atoms with Crippen LogP contribution in [0.3, 0.4) is 0 Å². The van der Waals surface area contributed by atoms with Gasteiger partial charge in [-0.25, -0.2) is 4.79 Å². The predicted octanol–water partition coefficient (Wildman–Crippen LogP) is 1.98. The van der Waals surface area contributed by atoms with E-state index in [1.165, 1.54) is 11.3 Å². The summed E-state index contributed by atoms with van der Waals surface area (Å²) in [7, 11) is 0. The van der Waals surface area contributed by atoms with Crippen molar-refractivity contribution in [1.29, 1.82) is 5.26 Å². The van der Waals surface area contributed by atoms with E-state index < -0.39 is 5.97 Å². The molecule has 1 saturated heterocycles. The highest BCUT2D eigenvalue weighted by molar-refractivity contribution is 7.18. The van der Waals surface area contributed by atoms with Gasteiger partial charge in [-0.3, -0.25) is 0 Å². The Morgan fingerprint density at radius 2 is 2.22 bits per heavy atom. The molecule has 0 unspecified atom stereocenters. The standard InChI is InChI=1S/C12H15N3O2S/c1-2-17-12(16)10-9(14)8(7-13)11(18-10)15-5-3-4-6-15/h2-6,14H2,1H3. The predicted molar refractivity (Wildman–Crippen MR) is 70.8 cm³/mol. The zero-order valence-electron chi connectivity index (χ0n) is 10.2. The summed E-state index contributed by atoms with van der Waals surface area (Å²) in [5.41, 5.74) is 6.53. The van der Waals surface area contributed by atoms with Crippen LogP contribution in [0.1, 0.15) is 35.0 Å². The number of nitrogens with two attached hydrogens (primary N) is 1. The Kier molecular flexibility index (Phi) is 3.72. The number of esters is 1. The minimum Gasteiger partial charge on any atom is -0.462 e. The Bertz CT molecular complexity index is 498. The fourth-order valence-electron chi connectivity index (χ4n) is 2.03. The molecular weight excluding hydrogens is 250 g/mol. The van der Waals surface area contributed by atoms with Gasteiger partial charge in [-0.2, -0.15) is 5.26 Å². The van der Waals surface area contributed by atoms with Crippen LogP contribution in [0.25, 0.3) is 0 Å². The third-order valence-corrected chi connectivity index (χ3v) is 4.14. The number of thiophene rings is 1. The SMILES string of the molecule is CCOC(=O)c1sc(N2CCCC2)c(C#N)c1N. The lowest BCUT2D eigenvalue weighted by Gasteiger charge is -2.14. The average Bonchev–Trinajstić information content (AvgIpc) is 2.96. The summed E-state index contributed by atoms with van der Waals surface area (Å²) in [5.74, 6) is -0.443. The highest BCUT2D eigenvalue weighted by atomic mass is 32.1. The van der Waals surface area contributed by atoms with Crippen LogP contribution in [0, 0.1) is 11.3 Å². The number of carbonyl (C=O) groups excluding carboxylic acids is 1. The van der Waals surface area contributed by atoms with Crippen molar-refractivity contribution >= 4 is 28.0 Å². The summed E-state index contributed by atoms with van der Waals surface area (Å²) in [6.07, 6.45) is 2.22. The van der Waals surface area contributed by atoms with Crippen molar-refractivity contribution < 1.29 is 9.53 Å². The maximum absolute atomic E-state index is 11.7. The molecule has 6 heteroatoms. The van der Waals surface area contributed by atoms with Crippen molar-refractivity contribution in [2.75, 3.05) is 30.3 Å². The minimum atomic E-state index is -0.443. The van der Waals surface area contributed by atoms with Crippen molar-refractivity contribution in [3.63, 3.8) is 0 Å². The number of nitrogens with zero attached hydrogens (tertiary/aromatic N) is 2. The number of hydrogen-bond acceptors (Lipinski definition) is 6. The molecule has 5 nitrogen and oxygen atoms in total. The first-order chi connectivity index (χ1) is 8.69. The molecule has 1 aliphatic rings. The summed E-state index contributed by atoms with van der Waals surface area (Å²) < 4.78 is 4.95. The minimum absolute atomic E-state index is 0.253. The molecule has 0 atom stereocenters. The maximum atomic E-state index is 11.7. The van der Waals surface area contributed by atoms with Crippen LogP contribution in [-0.2, 0) is 4.74 Å². The second-order valence-corrected chi connectivity index (χ2v) is 5.05. The lowest BCUT2D eigenvalue weighted by Crippen LogP contribution is -2.17. The van der Waals surface area contributed by atoms with Gasteiger partial charge in [-0.05, 0) is 19.8 Å². The monoisotopic (exact) mass is 265 g/mol. The Morgan fingerprint density at radius 1 is 1.56 bits per heavy atom. The molecule has 0 radical (unpaired) electrons. The zero-order valence-corrected chi connectivity index (χ0v) is 11.0. The molecule has 18 heavy (non-hydrogen) atoms. The van der Waals surface area contributed by atoms with Gasteiger partial charge in [0.2, 0.25) is 0 Å². The largest absolute Gasteiger partial charge is 0.462 e. The van der Waals surface area contributed by atoms with Crippen LogP contribution < -0.4 is 10.6 Å². The molecule has 0 spiro atoms. The second kappa shape index (κ2) is 5.27. The molecule has 2 heterocycles. The molecule has 0 amide bonds. The number of hydrogen-bond donors (Lipinski definition) is 1. The van der Waals surface area contributed by atoms with Gasteiger partial charge in [0, 0.05) is 13.1 Å². The van der Waals surface area contributed by atoms with Crippen LogP contribution in [0.4, 0.5) is 10.7 Å². The van der Waals surface area contributed by atoms with Gasteiger partial charge in [-0.1, -0.05) is 0 Å². The van der Waals surface area contributed by atoms with E-state index in [9.17, 15) is 10.1 Å². The Labute approximate surface area is 110 Å². The van der Waals surface area contributed by atoms with Crippen LogP contribution in [-0.4, -0.2) is 25.7 Å². The second-order valence-electron chi connectivity index (χ2n) is 4.05. The molecule has 1 aromatic heterocycles. The van der Waals surface area contributed by atoms with E-state index in [-0.39, 0.29) is 5.69 Å². The highest BCUT2D eigenvalue weighted by Crippen LogP contribution is 2.39. The molecule has 2 N–H and O–H groups in total. The maximum Gasteiger partial charge on any atom is 0.350 e. The van der Waals surface area contributed by atoms with Gasteiger partial charge in [0.1, 0.15) is 21.5 Å². The third kappa shape index (κ3) is 2.14. The zero-order chi connectivity index (χ0) is 13.1. The molecule has 1 aromatic rings. The van der Waals surface area contributed by atoms with Crippen LogP contribution in [0.15, 0.2) is 0 Å². The summed E-state index contributed by atoms with van der Waals surface area (Å²) in [5, 5.41) is 9.98. The van der Waals surface area contributed by atoms with Gasteiger partial charge in [-0.15, -0.1) is 11.3 Å². The van der Waals surface area contributed by atoms with E-state index >= 15 is 0 Å². The van der Waals surface area contributed by atoms with Crippen LogP contribution >= 0.6 is 11.3 Å². The quantitative estimate of drug-likeness (QED) is 0.845. The van der Waals surface area contributed by atoms with Crippen molar-refractivity contribution in [3.8, 4) is 6.07 Å². The normalized spacial score (nSPS) is 14.6. The first-order valence-electron chi connectivity index (χ1n) is 5.93. The summed E-state index contributed by atoms with van der Waals surface area (Å²) >= 11 is 1.26. The van der Waals surface area contributed by atoms with Gasteiger partial charge < -0.3 is 15.4 Å². The first kappa shape index (κ1) is 12.7. The molecule has 0 aromatic carbocycles. The number of carbonyl (C=O) groups is 1. The summed E-state index contributed by atoms with van der Waals surface area (Å²) in [6.45, 7) is 3.87. The topological polar surface area (TPSA) is 79.3 Å². The van der Waals surface area contributed by atoms with Gasteiger partial charge in [0.15, 0.2) is 0 Å². The van der Waals surface area contributed by atoms with E-state index in [1.807, 2.05) is 0 Å². The number of anilines is 2. The van der Waals surface area contributed by atoms with Crippen molar-refractivity contribution in [1.82, 2.24) is 0 Å². The first-order valence-corrected chi connectivity index (χ1v) is 6.75. The van der Waals surface area contributed by atoms with Crippen molar-refractivity contribution in [2.45, 2.75) is 19.8 Å². The Balaban J connectivity index is 2.39. The van der Waals surface area contributed by atoms with E-state index in [1.54, 1.807) is 6.92 Å². The molecule has 0 bridgehead atoms. The lowest BCUT2D eigenvalue weighted by molar-refractivity contribution is 0.0533. The fourth-order valence-corrected chi connectivity index (χ4v) is 3.15. The van der Waals surface area contributed by atoms with Crippen LogP contribution in [0.2, 0.25) is 0 Å².